The first-order valence-corrected chi connectivity index (χ1v) is 12.2. The normalized spacial score (nSPS) is 25.3. The first-order valence-electron chi connectivity index (χ1n) is 12.2. The number of fused-ring (bicyclic) bond motifs is 3. The van der Waals surface area contributed by atoms with Crippen LogP contribution >= 0.6 is 0 Å². The molecule has 0 saturated heterocycles. The maximum absolute atomic E-state index is 13.5. The van der Waals surface area contributed by atoms with Crippen molar-refractivity contribution in [2.24, 2.45) is 17.8 Å². The number of carboxylic acid groups (broad SMARTS) is 1. The van der Waals surface area contributed by atoms with Gasteiger partial charge in [0.05, 0.1) is 5.92 Å². The molecule has 0 radical (unpaired) electrons. The van der Waals surface area contributed by atoms with E-state index < -0.39 is 17.9 Å². The molecule has 1 aromatic carbocycles. The number of H-pyrrole nitrogens is 1. The number of hydrogen-bond acceptors (Lipinski definition) is 3. The number of hydrogen-bond donors (Lipinski definition) is 2. The van der Waals surface area contributed by atoms with Crippen LogP contribution in [0.25, 0.3) is 22.2 Å². The van der Waals surface area contributed by atoms with E-state index in [2.05, 4.69) is 4.98 Å². The Morgan fingerprint density at radius 1 is 1.24 bits per heavy atom. The van der Waals surface area contributed by atoms with Crippen LogP contribution in [0.5, 0.6) is 0 Å². The molecule has 2 aliphatic rings. The van der Waals surface area contributed by atoms with Gasteiger partial charge in [0.15, 0.2) is 0 Å². The zero-order valence-corrected chi connectivity index (χ0v) is 19.6. The van der Waals surface area contributed by atoms with E-state index in [4.69, 9.17) is 4.42 Å². The van der Waals surface area contributed by atoms with Crippen LogP contribution < -0.4 is 0 Å². The van der Waals surface area contributed by atoms with E-state index in [1.807, 2.05) is 31.3 Å². The molecule has 34 heavy (non-hydrogen) atoms. The van der Waals surface area contributed by atoms with Crippen molar-refractivity contribution in [2.75, 3.05) is 7.05 Å². The molecular formula is C27H31FN2O4. The number of aromatic amines is 1. The van der Waals surface area contributed by atoms with E-state index in [9.17, 15) is 19.1 Å². The lowest BCUT2D eigenvalue weighted by Gasteiger charge is -2.46. The van der Waals surface area contributed by atoms with Crippen molar-refractivity contribution in [1.82, 2.24) is 9.88 Å². The van der Waals surface area contributed by atoms with Crippen molar-refractivity contribution in [3.05, 3.63) is 48.1 Å². The van der Waals surface area contributed by atoms with Gasteiger partial charge in [-0.1, -0.05) is 31.9 Å². The number of amides is 1. The fourth-order valence-electron chi connectivity index (χ4n) is 6.41. The second-order valence-corrected chi connectivity index (χ2v) is 10.1. The van der Waals surface area contributed by atoms with Gasteiger partial charge in [-0.25, -0.2) is 0 Å². The number of aromatic nitrogens is 1. The lowest BCUT2D eigenvalue weighted by atomic mass is 9.64. The summed E-state index contributed by atoms with van der Waals surface area (Å²) in [5.41, 5.74) is 2.62. The Bertz CT molecular complexity index is 1210. The fourth-order valence-corrected chi connectivity index (χ4v) is 6.41. The molecule has 3 aromatic rings. The third-order valence-electron chi connectivity index (χ3n) is 8.08. The summed E-state index contributed by atoms with van der Waals surface area (Å²) in [4.78, 5) is 30.5. The van der Waals surface area contributed by atoms with Crippen molar-refractivity contribution >= 4 is 22.8 Å². The number of rotatable bonds is 6. The number of carbonyl (C=O) groups is 2. The van der Waals surface area contributed by atoms with Gasteiger partial charge in [0.1, 0.15) is 5.76 Å². The van der Waals surface area contributed by atoms with E-state index in [-0.39, 0.29) is 30.2 Å². The minimum atomic E-state index is -0.782. The third-order valence-corrected chi connectivity index (χ3v) is 8.08. The topological polar surface area (TPSA) is 86.5 Å². The minimum absolute atomic E-state index is 0.0420. The molecule has 2 aromatic heterocycles. The lowest BCUT2D eigenvalue weighted by molar-refractivity contribution is -0.153. The minimum Gasteiger partial charge on any atom is -0.481 e. The summed E-state index contributed by atoms with van der Waals surface area (Å²) in [6.45, 7) is 2.00. The van der Waals surface area contributed by atoms with Gasteiger partial charge in [-0.3, -0.25) is 9.59 Å². The van der Waals surface area contributed by atoms with Crippen molar-refractivity contribution in [3.63, 3.8) is 0 Å². The quantitative estimate of drug-likeness (QED) is 0.481. The summed E-state index contributed by atoms with van der Waals surface area (Å²) in [7, 11) is 1.77. The largest absolute Gasteiger partial charge is 0.481 e. The monoisotopic (exact) mass is 466 g/mol. The summed E-state index contributed by atoms with van der Waals surface area (Å²) in [6, 6.07) is 7.72. The zero-order chi connectivity index (χ0) is 24.0. The van der Waals surface area contributed by atoms with Crippen LogP contribution in [0.4, 0.5) is 4.39 Å². The van der Waals surface area contributed by atoms with Crippen LogP contribution in [0, 0.1) is 23.8 Å². The molecule has 2 saturated carbocycles. The fraction of sp³-hybridized carbons (Fsp3) is 0.481. The summed E-state index contributed by atoms with van der Waals surface area (Å²) < 4.78 is 18.8. The molecule has 2 aliphatic carbocycles. The van der Waals surface area contributed by atoms with Crippen LogP contribution in [-0.4, -0.2) is 40.0 Å². The zero-order valence-electron chi connectivity index (χ0n) is 19.6. The Kier molecular flexibility index (Phi) is 5.96. The molecule has 5 rings (SSSR count). The number of furan rings is 1. The van der Waals surface area contributed by atoms with Gasteiger partial charge in [-0.05, 0) is 54.7 Å². The molecule has 5 atom stereocenters. The summed E-state index contributed by atoms with van der Waals surface area (Å²) in [5, 5.41) is 10.9. The van der Waals surface area contributed by atoms with Crippen LogP contribution in [0.15, 0.2) is 40.9 Å². The molecule has 6 nitrogen and oxygen atoms in total. The maximum Gasteiger partial charge on any atom is 0.308 e. The van der Waals surface area contributed by atoms with Crippen molar-refractivity contribution in [1.29, 1.82) is 0 Å². The Hall–Kier alpha value is -3.09. The lowest BCUT2D eigenvalue weighted by Crippen LogP contribution is -2.52. The second-order valence-electron chi connectivity index (χ2n) is 10.1. The van der Waals surface area contributed by atoms with E-state index in [1.165, 1.54) is 6.07 Å². The van der Waals surface area contributed by atoms with E-state index in [0.29, 0.717) is 11.7 Å². The Balaban J connectivity index is 1.38. The smallest absolute Gasteiger partial charge is 0.308 e. The van der Waals surface area contributed by atoms with Gasteiger partial charge in [0.2, 0.25) is 5.91 Å². The van der Waals surface area contributed by atoms with Gasteiger partial charge < -0.3 is 19.4 Å². The van der Waals surface area contributed by atoms with Gasteiger partial charge >= 0.3 is 5.97 Å². The highest BCUT2D eigenvalue weighted by atomic mass is 19.1. The molecule has 2 fully saturated rings. The average molecular weight is 467 g/mol. The third kappa shape index (κ3) is 4.01. The summed E-state index contributed by atoms with van der Waals surface area (Å²) in [5.74, 6) is -0.318. The van der Waals surface area contributed by atoms with Crippen molar-refractivity contribution in [2.45, 2.75) is 57.4 Å². The predicted molar refractivity (Wildman–Crippen MR) is 127 cm³/mol. The number of halogens is 1. The summed E-state index contributed by atoms with van der Waals surface area (Å²) >= 11 is 0. The number of aliphatic carboxylic acids is 1. The highest BCUT2D eigenvalue weighted by molar-refractivity contribution is 5.97. The molecule has 2 heterocycles. The first-order chi connectivity index (χ1) is 16.3. The SMILES string of the molecule is CC(CC(=O)N(C)C1CC2CCCC(C2)C1C(=O)O)c1c[nH]c2cccc(-c3ccc(F)o3)c12. The molecule has 0 spiro atoms. The van der Waals surface area contributed by atoms with Crippen molar-refractivity contribution < 1.29 is 23.5 Å². The number of nitrogens with one attached hydrogen (secondary N) is 1. The van der Waals surface area contributed by atoms with E-state index in [0.717, 1.165) is 54.1 Å². The number of carboxylic acids is 1. The number of nitrogens with zero attached hydrogens (tertiary/aromatic N) is 1. The molecule has 5 unspecified atom stereocenters. The average Bonchev–Trinajstić information content (AvgIpc) is 3.44. The van der Waals surface area contributed by atoms with Gasteiger partial charge in [-0.15, -0.1) is 0 Å². The molecule has 1 amide bonds. The number of carbonyl (C=O) groups excluding carboxylic acids is 1. The summed E-state index contributed by atoms with van der Waals surface area (Å²) in [6.07, 6.45) is 7.06. The van der Waals surface area contributed by atoms with Gasteiger partial charge in [0.25, 0.3) is 6.01 Å². The number of benzene rings is 1. The van der Waals surface area contributed by atoms with E-state index in [1.54, 1.807) is 18.0 Å². The Labute approximate surface area is 198 Å². The molecular weight excluding hydrogens is 435 g/mol. The standard InChI is InChI=1S/C27H31FN2O4/c1-15(19-14-29-20-8-4-7-18(26(19)20)22-9-10-23(28)34-22)11-24(31)30(2)21-13-16-5-3-6-17(12-16)25(21)27(32)33/h4,7-10,14-17,21,25,29H,3,5-6,11-13H2,1-2H3,(H,32,33). The van der Waals surface area contributed by atoms with Crippen LogP contribution in [0.1, 0.15) is 56.9 Å². The highest BCUT2D eigenvalue weighted by Crippen LogP contribution is 2.45. The van der Waals surface area contributed by atoms with Gasteiger partial charge in [-0.2, -0.15) is 4.39 Å². The Morgan fingerprint density at radius 3 is 2.79 bits per heavy atom. The molecule has 2 N–H and O–H groups in total. The predicted octanol–water partition coefficient (Wildman–Crippen LogP) is 5.80. The highest BCUT2D eigenvalue weighted by Gasteiger charge is 2.46. The second kappa shape index (κ2) is 8.93. The van der Waals surface area contributed by atoms with Crippen LogP contribution in [-0.2, 0) is 9.59 Å². The van der Waals surface area contributed by atoms with E-state index >= 15 is 0 Å². The first kappa shape index (κ1) is 22.7. The Morgan fingerprint density at radius 2 is 2.06 bits per heavy atom. The van der Waals surface area contributed by atoms with Crippen molar-refractivity contribution in [3.8, 4) is 11.3 Å². The van der Waals surface area contributed by atoms with Crippen LogP contribution in [0.2, 0.25) is 0 Å². The van der Waals surface area contributed by atoms with Crippen LogP contribution in [0.3, 0.4) is 0 Å². The molecule has 2 bridgehead atoms. The molecule has 7 heteroatoms. The molecule has 180 valence electrons. The molecule has 0 aliphatic heterocycles. The van der Waals surface area contributed by atoms with Gasteiger partial charge in [0, 0.05) is 48.2 Å². The maximum atomic E-state index is 13.5.